The number of anilines is 2. The van der Waals surface area contributed by atoms with Gasteiger partial charge in [0.1, 0.15) is 23.3 Å². The van der Waals surface area contributed by atoms with Gasteiger partial charge in [-0.3, -0.25) is 4.90 Å². The van der Waals surface area contributed by atoms with Crippen molar-refractivity contribution in [1.29, 1.82) is 0 Å². The van der Waals surface area contributed by atoms with Crippen LogP contribution in [0.15, 0.2) is 67.0 Å². The fraction of sp³-hybridized carbons (Fsp3) is 0.310. The van der Waals surface area contributed by atoms with Gasteiger partial charge in [0.15, 0.2) is 0 Å². The van der Waals surface area contributed by atoms with Crippen molar-refractivity contribution >= 4 is 17.7 Å². The molecule has 0 saturated carbocycles. The molecule has 3 aromatic heterocycles. The number of methoxy groups -OCH3 is 1. The molecule has 1 aliphatic rings. The number of ether oxygens (including phenoxy) is 3. The molecule has 10 heteroatoms. The zero-order chi connectivity index (χ0) is 27.6. The lowest BCUT2D eigenvalue weighted by atomic mass is 10.1. The molecule has 10 nitrogen and oxygen atoms in total. The highest BCUT2D eigenvalue weighted by molar-refractivity contribution is 5.75. The Bertz CT molecular complexity index is 1460. The van der Waals surface area contributed by atoms with E-state index in [4.69, 9.17) is 19.2 Å². The summed E-state index contributed by atoms with van der Waals surface area (Å²) in [5.74, 6) is 2.12. The molecule has 0 fully saturated rings. The highest BCUT2D eigenvalue weighted by atomic mass is 16.6. The van der Waals surface area contributed by atoms with E-state index < -0.39 is 11.7 Å². The van der Waals surface area contributed by atoms with Crippen LogP contribution in [-0.2, 0) is 11.3 Å². The Morgan fingerprint density at radius 1 is 1.05 bits per heavy atom. The molecule has 4 aromatic rings. The summed E-state index contributed by atoms with van der Waals surface area (Å²) < 4.78 is 18.5. The van der Waals surface area contributed by atoms with E-state index in [1.807, 2.05) is 42.5 Å². The van der Waals surface area contributed by atoms with Crippen LogP contribution in [-0.4, -0.2) is 57.0 Å². The number of nitrogens with one attached hydrogen (secondary N) is 1. The summed E-state index contributed by atoms with van der Waals surface area (Å²) in [6, 6.07) is 17.8. The Morgan fingerprint density at radius 2 is 1.79 bits per heavy atom. The monoisotopic (exact) mass is 528 g/mol. The van der Waals surface area contributed by atoms with Gasteiger partial charge in [0.05, 0.1) is 13.3 Å². The summed E-state index contributed by atoms with van der Waals surface area (Å²) in [7, 11) is 3.62. The first-order valence-corrected chi connectivity index (χ1v) is 12.7. The zero-order valence-corrected chi connectivity index (χ0v) is 22.7. The van der Waals surface area contributed by atoms with Gasteiger partial charge >= 0.3 is 6.09 Å². The van der Waals surface area contributed by atoms with Crippen LogP contribution in [0.2, 0.25) is 0 Å². The molecular formula is C29H32N6O4. The second-order valence-electron chi connectivity index (χ2n) is 10.4. The average molecular weight is 529 g/mol. The normalized spacial score (nSPS) is 15.6. The smallest absolute Gasteiger partial charge is 0.435 e. The molecule has 0 unspecified atom stereocenters. The van der Waals surface area contributed by atoms with E-state index in [1.54, 1.807) is 40.3 Å². The molecule has 0 saturated heterocycles. The van der Waals surface area contributed by atoms with Crippen LogP contribution in [0.1, 0.15) is 38.0 Å². The number of pyridine rings is 2. The standard InChI is InChI=1S/C29H32N6O4/c1-29(2,3)39-28(36)35-17-21(15-30-35)22-12-14-25(33-27(22)37-5)31-24-13-11-20-16-34(4)18-23(38-26(20)32-24)19-9-7-6-8-10-19/h6-15,17,23H,16,18H2,1-5H3,(H,31,32,33)/t23-/m0/s1. The van der Waals surface area contributed by atoms with E-state index >= 15 is 0 Å². The molecule has 1 N–H and O–H groups in total. The number of hydrogen-bond acceptors (Lipinski definition) is 9. The molecule has 0 aliphatic carbocycles. The van der Waals surface area contributed by atoms with Crippen molar-refractivity contribution in [1.82, 2.24) is 24.6 Å². The molecule has 5 rings (SSSR count). The summed E-state index contributed by atoms with van der Waals surface area (Å²) in [5.41, 5.74) is 2.86. The van der Waals surface area contributed by atoms with E-state index in [0.717, 1.165) is 28.9 Å². The van der Waals surface area contributed by atoms with Gasteiger partial charge < -0.3 is 19.5 Å². The van der Waals surface area contributed by atoms with Crippen molar-refractivity contribution in [3.63, 3.8) is 0 Å². The SMILES string of the molecule is COc1nc(Nc2ccc3c(n2)O[C@H](c2ccccc2)CN(C)C3)ccc1-c1cnn(C(=O)OC(C)(C)C)c1. The van der Waals surface area contributed by atoms with Gasteiger partial charge in [-0.25, -0.2) is 4.79 Å². The predicted molar refractivity (Wildman–Crippen MR) is 147 cm³/mol. The third kappa shape index (κ3) is 6.18. The van der Waals surface area contributed by atoms with E-state index in [2.05, 4.69) is 39.5 Å². The van der Waals surface area contributed by atoms with Crippen molar-refractivity contribution in [2.24, 2.45) is 0 Å². The molecule has 202 valence electrons. The van der Waals surface area contributed by atoms with Gasteiger partial charge in [-0.2, -0.15) is 19.7 Å². The molecule has 0 bridgehead atoms. The van der Waals surface area contributed by atoms with Gasteiger partial charge in [0, 0.05) is 36.0 Å². The topological polar surface area (TPSA) is 104 Å². The largest absolute Gasteiger partial charge is 0.480 e. The predicted octanol–water partition coefficient (Wildman–Crippen LogP) is 5.44. The fourth-order valence-corrected chi connectivity index (χ4v) is 4.30. The maximum atomic E-state index is 12.4. The summed E-state index contributed by atoms with van der Waals surface area (Å²) in [6.45, 7) is 6.91. The van der Waals surface area contributed by atoms with Gasteiger partial charge in [-0.15, -0.1) is 0 Å². The lowest BCUT2D eigenvalue weighted by Crippen LogP contribution is -2.27. The van der Waals surface area contributed by atoms with Crippen LogP contribution in [0.4, 0.5) is 16.4 Å². The highest BCUT2D eigenvalue weighted by Gasteiger charge is 2.24. The molecular weight excluding hydrogens is 496 g/mol. The first-order chi connectivity index (χ1) is 18.7. The third-order valence-corrected chi connectivity index (χ3v) is 6.07. The number of rotatable bonds is 5. The lowest BCUT2D eigenvalue weighted by Gasteiger charge is -2.20. The third-order valence-electron chi connectivity index (χ3n) is 6.07. The summed E-state index contributed by atoms with van der Waals surface area (Å²) in [6.07, 6.45) is 2.48. The minimum absolute atomic E-state index is 0.126. The Hall–Kier alpha value is -4.44. The average Bonchev–Trinajstić information content (AvgIpc) is 3.33. The van der Waals surface area contributed by atoms with Crippen LogP contribution in [0.25, 0.3) is 11.1 Å². The van der Waals surface area contributed by atoms with Gasteiger partial charge in [0.2, 0.25) is 11.8 Å². The maximum Gasteiger partial charge on any atom is 0.435 e. The molecule has 1 atom stereocenters. The van der Waals surface area contributed by atoms with Gasteiger partial charge in [0.25, 0.3) is 0 Å². The summed E-state index contributed by atoms with van der Waals surface area (Å²) in [4.78, 5) is 24.0. The number of likely N-dealkylation sites (N-methyl/N-ethyl adjacent to an activating group) is 1. The molecule has 39 heavy (non-hydrogen) atoms. The maximum absolute atomic E-state index is 12.4. The number of carbonyl (C=O) groups excluding carboxylic acids is 1. The molecule has 1 aliphatic heterocycles. The number of nitrogens with zero attached hydrogens (tertiary/aromatic N) is 5. The van der Waals surface area contributed by atoms with Crippen molar-refractivity contribution in [3.05, 3.63) is 78.1 Å². The summed E-state index contributed by atoms with van der Waals surface area (Å²) in [5, 5.41) is 7.39. The van der Waals surface area contributed by atoms with Crippen LogP contribution < -0.4 is 14.8 Å². The van der Waals surface area contributed by atoms with E-state index in [-0.39, 0.29) is 6.10 Å². The first kappa shape index (κ1) is 26.2. The second-order valence-corrected chi connectivity index (χ2v) is 10.4. The van der Waals surface area contributed by atoms with Crippen molar-refractivity contribution in [2.75, 3.05) is 26.0 Å². The lowest BCUT2D eigenvalue weighted by molar-refractivity contribution is 0.0514. The van der Waals surface area contributed by atoms with Crippen LogP contribution >= 0.6 is 0 Å². The quantitative estimate of drug-likeness (QED) is 0.363. The van der Waals surface area contributed by atoms with Crippen LogP contribution in [0.5, 0.6) is 11.8 Å². The van der Waals surface area contributed by atoms with Crippen LogP contribution in [0.3, 0.4) is 0 Å². The number of aromatic nitrogens is 4. The molecule has 4 heterocycles. The Labute approximate surface area is 227 Å². The molecule has 0 amide bonds. The van der Waals surface area contributed by atoms with Crippen molar-refractivity contribution in [2.45, 2.75) is 39.0 Å². The van der Waals surface area contributed by atoms with E-state index in [1.165, 1.54) is 0 Å². The number of carbonyl (C=O) groups is 1. The number of hydrogen-bond donors (Lipinski definition) is 1. The van der Waals surface area contributed by atoms with Crippen molar-refractivity contribution in [3.8, 4) is 22.9 Å². The van der Waals surface area contributed by atoms with Crippen LogP contribution in [0, 0.1) is 0 Å². The van der Waals surface area contributed by atoms with E-state index in [0.29, 0.717) is 34.5 Å². The Balaban J connectivity index is 1.36. The summed E-state index contributed by atoms with van der Waals surface area (Å²) >= 11 is 0. The fourth-order valence-electron chi connectivity index (χ4n) is 4.30. The van der Waals surface area contributed by atoms with E-state index in [9.17, 15) is 4.79 Å². The van der Waals surface area contributed by atoms with Gasteiger partial charge in [-0.05, 0) is 57.6 Å². The molecule has 0 radical (unpaired) electrons. The van der Waals surface area contributed by atoms with Crippen molar-refractivity contribution < 1.29 is 19.0 Å². The Kier molecular flexibility index (Phi) is 7.21. The highest BCUT2D eigenvalue weighted by Crippen LogP contribution is 2.33. The molecule has 1 aromatic carbocycles. The zero-order valence-electron chi connectivity index (χ0n) is 22.7. The minimum Gasteiger partial charge on any atom is -0.480 e. The second kappa shape index (κ2) is 10.7. The Morgan fingerprint density at radius 3 is 2.54 bits per heavy atom. The number of benzene rings is 1. The van der Waals surface area contributed by atoms with Gasteiger partial charge in [-0.1, -0.05) is 30.3 Å². The first-order valence-electron chi connectivity index (χ1n) is 12.7. The minimum atomic E-state index is -0.622. The molecule has 0 spiro atoms. The number of fused-ring (bicyclic) bond motifs is 1.